The van der Waals surface area contributed by atoms with Gasteiger partial charge in [-0.3, -0.25) is 4.31 Å². The molecule has 1 aliphatic heterocycles. The first-order chi connectivity index (χ1) is 12.3. The topological polar surface area (TPSA) is 63.7 Å². The molecular weight excluding hydrogens is 350 g/mol. The van der Waals surface area contributed by atoms with Crippen molar-refractivity contribution in [3.05, 3.63) is 65.2 Å². The van der Waals surface area contributed by atoms with Crippen LogP contribution >= 0.6 is 0 Å². The third-order valence-electron chi connectivity index (χ3n) is 4.23. The van der Waals surface area contributed by atoms with Gasteiger partial charge >= 0.3 is 5.97 Å². The lowest BCUT2D eigenvalue weighted by atomic mass is 10.1. The number of rotatable bonds is 4. The van der Waals surface area contributed by atoms with Crippen LogP contribution in [0.1, 0.15) is 23.1 Å². The minimum absolute atomic E-state index is 0.193. The predicted octanol–water partition coefficient (Wildman–Crippen LogP) is 3.46. The van der Waals surface area contributed by atoms with E-state index in [-0.39, 0.29) is 5.75 Å². The minimum atomic E-state index is -3.18. The average Bonchev–Trinajstić information content (AvgIpc) is 2.95. The number of aryl methyl sites for hydroxylation is 2. The average molecular weight is 371 g/mol. The Hall–Kier alpha value is -2.60. The largest absolute Gasteiger partial charge is 0.423 e. The van der Waals surface area contributed by atoms with Crippen LogP contribution in [0.5, 0.6) is 5.75 Å². The molecule has 0 spiro atoms. The van der Waals surface area contributed by atoms with Gasteiger partial charge in [0.05, 0.1) is 11.4 Å². The molecule has 0 unspecified atom stereocenters. The summed E-state index contributed by atoms with van der Waals surface area (Å²) in [4.78, 5) is 12.0. The van der Waals surface area contributed by atoms with Gasteiger partial charge in [-0.15, -0.1) is 0 Å². The smallest absolute Gasteiger partial charge is 0.336 e. The summed E-state index contributed by atoms with van der Waals surface area (Å²) in [6.07, 6.45) is 3.66. The van der Waals surface area contributed by atoms with E-state index in [0.29, 0.717) is 24.4 Å². The van der Waals surface area contributed by atoms with E-state index in [0.717, 1.165) is 16.7 Å². The molecule has 0 N–H and O–H groups in total. The quantitative estimate of drug-likeness (QED) is 0.469. The predicted molar refractivity (Wildman–Crippen MR) is 103 cm³/mol. The third-order valence-corrected chi connectivity index (χ3v) is 6.10. The third kappa shape index (κ3) is 4.14. The van der Waals surface area contributed by atoms with Crippen LogP contribution in [0.4, 0.5) is 5.69 Å². The van der Waals surface area contributed by atoms with Crippen LogP contribution in [0.2, 0.25) is 0 Å². The summed E-state index contributed by atoms with van der Waals surface area (Å²) in [5.74, 6) is 0.279. The fourth-order valence-corrected chi connectivity index (χ4v) is 4.47. The van der Waals surface area contributed by atoms with Gasteiger partial charge in [-0.25, -0.2) is 13.2 Å². The van der Waals surface area contributed by atoms with E-state index in [1.807, 2.05) is 26.0 Å². The normalized spacial score (nSPS) is 16.2. The number of anilines is 1. The Morgan fingerprint density at radius 1 is 1.12 bits per heavy atom. The maximum atomic E-state index is 12.0. The van der Waals surface area contributed by atoms with Crippen LogP contribution in [-0.4, -0.2) is 26.7 Å². The lowest BCUT2D eigenvalue weighted by Crippen LogP contribution is -2.24. The fraction of sp³-hybridized carbons (Fsp3) is 0.250. The molecule has 0 atom stereocenters. The zero-order valence-corrected chi connectivity index (χ0v) is 15.6. The summed E-state index contributed by atoms with van der Waals surface area (Å²) in [5.41, 5.74) is 3.46. The Labute approximate surface area is 154 Å². The molecule has 2 aromatic rings. The highest BCUT2D eigenvalue weighted by Gasteiger charge is 2.28. The number of hydrogen-bond donors (Lipinski definition) is 0. The van der Waals surface area contributed by atoms with Crippen molar-refractivity contribution in [2.45, 2.75) is 20.3 Å². The molecule has 6 heteroatoms. The first-order valence-electron chi connectivity index (χ1n) is 8.43. The highest BCUT2D eigenvalue weighted by Crippen LogP contribution is 2.24. The number of sulfonamides is 1. The molecule has 1 saturated heterocycles. The number of carbonyl (C=O) groups is 1. The summed E-state index contributed by atoms with van der Waals surface area (Å²) in [7, 11) is -3.18. The van der Waals surface area contributed by atoms with Crippen LogP contribution in [-0.2, 0) is 14.8 Å². The lowest BCUT2D eigenvalue weighted by molar-refractivity contribution is -0.128. The summed E-state index contributed by atoms with van der Waals surface area (Å²) in [5, 5.41) is 0. The molecule has 1 heterocycles. The van der Waals surface area contributed by atoms with Crippen molar-refractivity contribution in [1.29, 1.82) is 0 Å². The van der Waals surface area contributed by atoms with E-state index in [4.69, 9.17) is 4.74 Å². The molecule has 1 aliphatic rings. The van der Waals surface area contributed by atoms with Gasteiger partial charge in [0, 0.05) is 12.6 Å². The molecule has 0 amide bonds. The Bertz CT molecular complexity index is 946. The van der Waals surface area contributed by atoms with Gasteiger partial charge in [-0.05, 0) is 55.7 Å². The van der Waals surface area contributed by atoms with Gasteiger partial charge < -0.3 is 4.74 Å². The number of benzene rings is 2. The second-order valence-electron chi connectivity index (χ2n) is 6.36. The molecule has 3 rings (SSSR count). The van der Waals surface area contributed by atoms with Crippen LogP contribution in [0.15, 0.2) is 48.5 Å². The second-order valence-corrected chi connectivity index (χ2v) is 8.37. The molecule has 2 aromatic carbocycles. The van der Waals surface area contributed by atoms with Gasteiger partial charge in [-0.2, -0.15) is 0 Å². The minimum Gasteiger partial charge on any atom is -0.423 e. The van der Waals surface area contributed by atoms with Crippen molar-refractivity contribution in [1.82, 2.24) is 0 Å². The lowest BCUT2D eigenvalue weighted by Gasteiger charge is -2.16. The van der Waals surface area contributed by atoms with E-state index < -0.39 is 16.0 Å². The number of ether oxygens (including phenoxy) is 1. The van der Waals surface area contributed by atoms with E-state index in [1.165, 1.54) is 10.4 Å². The molecule has 0 aromatic heterocycles. The Morgan fingerprint density at radius 3 is 2.46 bits per heavy atom. The SMILES string of the molecule is Cc1ccc(OC(=O)/C=C/c2ccc(N3CCCS3(=O)=O)cc2)c(C)c1. The fourth-order valence-electron chi connectivity index (χ4n) is 2.90. The van der Waals surface area contributed by atoms with E-state index in [2.05, 4.69) is 0 Å². The zero-order valence-electron chi connectivity index (χ0n) is 14.8. The first-order valence-corrected chi connectivity index (χ1v) is 10.0. The molecule has 5 nitrogen and oxygen atoms in total. The molecule has 0 aliphatic carbocycles. The number of nitrogens with zero attached hydrogens (tertiary/aromatic N) is 1. The number of esters is 1. The Kier molecular flexibility index (Phi) is 5.13. The van der Waals surface area contributed by atoms with Crippen LogP contribution in [0.3, 0.4) is 0 Å². The van der Waals surface area contributed by atoms with Gasteiger partial charge in [0.25, 0.3) is 0 Å². The number of hydrogen-bond acceptors (Lipinski definition) is 4. The zero-order chi connectivity index (χ0) is 18.7. The Morgan fingerprint density at radius 2 is 1.85 bits per heavy atom. The molecule has 1 fully saturated rings. The van der Waals surface area contributed by atoms with Gasteiger partial charge in [0.2, 0.25) is 10.0 Å². The highest BCUT2D eigenvalue weighted by molar-refractivity contribution is 7.93. The van der Waals surface area contributed by atoms with Gasteiger partial charge in [-0.1, -0.05) is 29.8 Å². The summed E-state index contributed by atoms with van der Waals surface area (Å²) in [6, 6.07) is 12.7. The van der Waals surface area contributed by atoms with Gasteiger partial charge in [0.1, 0.15) is 5.75 Å². The monoisotopic (exact) mass is 371 g/mol. The number of carbonyl (C=O) groups excluding carboxylic acids is 1. The standard InChI is InChI=1S/C20H21NO4S/c1-15-4-10-19(16(2)14-15)25-20(22)11-7-17-5-8-18(9-6-17)21-12-3-13-26(21,23)24/h4-11,14H,3,12-13H2,1-2H3/b11-7+. The molecule has 136 valence electrons. The molecule has 0 saturated carbocycles. The van der Waals surface area contributed by atoms with Crippen molar-refractivity contribution in [3.63, 3.8) is 0 Å². The summed E-state index contributed by atoms with van der Waals surface area (Å²) < 4.78 is 30.6. The molecule has 0 radical (unpaired) electrons. The molecule has 0 bridgehead atoms. The van der Waals surface area contributed by atoms with Crippen molar-refractivity contribution in [2.75, 3.05) is 16.6 Å². The Balaban J connectivity index is 1.66. The highest BCUT2D eigenvalue weighted by atomic mass is 32.2. The van der Waals surface area contributed by atoms with Crippen LogP contribution in [0, 0.1) is 13.8 Å². The van der Waals surface area contributed by atoms with Crippen LogP contribution < -0.4 is 9.04 Å². The molecule has 26 heavy (non-hydrogen) atoms. The van der Waals surface area contributed by atoms with Crippen molar-refractivity contribution in [2.24, 2.45) is 0 Å². The van der Waals surface area contributed by atoms with E-state index in [1.54, 1.807) is 36.4 Å². The van der Waals surface area contributed by atoms with E-state index >= 15 is 0 Å². The van der Waals surface area contributed by atoms with E-state index in [9.17, 15) is 13.2 Å². The van der Waals surface area contributed by atoms with Crippen molar-refractivity contribution in [3.8, 4) is 5.75 Å². The maximum Gasteiger partial charge on any atom is 0.336 e. The van der Waals surface area contributed by atoms with Crippen molar-refractivity contribution >= 4 is 27.8 Å². The maximum absolute atomic E-state index is 12.0. The van der Waals surface area contributed by atoms with Crippen molar-refractivity contribution < 1.29 is 17.9 Å². The first kappa shape index (κ1) is 18.2. The summed E-state index contributed by atoms with van der Waals surface area (Å²) in [6.45, 7) is 4.39. The second kappa shape index (κ2) is 7.33. The van der Waals surface area contributed by atoms with Crippen LogP contribution in [0.25, 0.3) is 6.08 Å². The van der Waals surface area contributed by atoms with Gasteiger partial charge in [0.15, 0.2) is 0 Å². The summed E-state index contributed by atoms with van der Waals surface area (Å²) >= 11 is 0. The molecular formula is C20H21NO4S.